The molecule has 174 valence electrons. The summed E-state index contributed by atoms with van der Waals surface area (Å²) in [6.07, 6.45) is 7.42. The predicted octanol–water partition coefficient (Wildman–Crippen LogP) is 4.05. The Bertz CT molecular complexity index is 1240. The monoisotopic (exact) mass is 456 g/mol. The van der Waals surface area contributed by atoms with Gasteiger partial charge in [-0.25, -0.2) is 0 Å². The molecule has 0 bridgehead atoms. The van der Waals surface area contributed by atoms with E-state index < -0.39 is 0 Å². The van der Waals surface area contributed by atoms with Crippen molar-refractivity contribution in [3.8, 4) is 5.75 Å². The molecule has 3 heterocycles. The largest absolute Gasteiger partial charge is 0.484 e. The number of benzene rings is 2. The molecular formula is C26H28N6O2. The zero-order chi connectivity index (χ0) is 23.2. The van der Waals surface area contributed by atoms with Crippen molar-refractivity contribution in [3.05, 3.63) is 78.8 Å². The Labute approximate surface area is 198 Å². The van der Waals surface area contributed by atoms with Gasteiger partial charge in [0.25, 0.3) is 5.91 Å². The Morgan fingerprint density at radius 2 is 2.09 bits per heavy atom. The zero-order valence-electron chi connectivity index (χ0n) is 18.9. The lowest BCUT2D eigenvalue weighted by Gasteiger charge is -2.33. The fourth-order valence-corrected chi connectivity index (χ4v) is 4.36. The highest BCUT2D eigenvalue weighted by Crippen LogP contribution is 2.22. The number of ether oxygens (including phenoxy) is 1. The third kappa shape index (κ3) is 5.71. The van der Waals surface area contributed by atoms with E-state index in [0.717, 1.165) is 49.1 Å². The van der Waals surface area contributed by atoms with Gasteiger partial charge in [-0.2, -0.15) is 5.10 Å². The van der Waals surface area contributed by atoms with E-state index in [9.17, 15) is 4.79 Å². The molecule has 0 radical (unpaired) electrons. The number of aromatic amines is 1. The van der Waals surface area contributed by atoms with Crippen LogP contribution in [0.3, 0.4) is 0 Å². The van der Waals surface area contributed by atoms with Crippen molar-refractivity contribution in [1.82, 2.24) is 20.1 Å². The van der Waals surface area contributed by atoms with E-state index in [-0.39, 0.29) is 12.5 Å². The third-order valence-corrected chi connectivity index (χ3v) is 5.94. The van der Waals surface area contributed by atoms with Crippen molar-refractivity contribution < 1.29 is 9.53 Å². The minimum atomic E-state index is -0.211. The average Bonchev–Trinajstić information content (AvgIpc) is 3.32. The van der Waals surface area contributed by atoms with Crippen LogP contribution in [-0.2, 0) is 11.3 Å². The minimum absolute atomic E-state index is 0.0466. The Kier molecular flexibility index (Phi) is 6.67. The maximum absolute atomic E-state index is 12.1. The van der Waals surface area contributed by atoms with E-state index in [4.69, 9.17) is 4.74 Å². The minimum Gasteiger partial charge on any atom is -0.484 e. The number of carbonyl (C=O) groups is 1. The van der Waals surface area contributed by atoms with Gasteiger partial charge in [0, 0.05) is 36.4 Å². The highest BCUT2D eigenvalue weighted by molar-refractivity contribution is 5.91. The Hall–Kier alpha value is -3.91. The number of pyridine rings is 1. The second kappa shape index (κ2) is 10.4. The van der Waals surface area contributed by atoms with E-state index >= 15 is 0 Å². The van der Waals surface area contributed by atoms with Gasteiger partial charge in [0.2, 0.25) is 0 Å². The zero-order valence-corrected chi connectivity index (χ0v) is 18.9. The predicted molar refractivity (Wildman–Crippen MR) is 133 cm³/mol. The summed E-state index contributed by atoms with van der Waals surface area (Å²) in [6.45, 7) is 2.84. The number of rotatable bonds is 8. The molecule has 8 nitrogen and oxygen atoms in total. The summed E-state index contributed by atoms with van der Waals surface area (Å²) < 4.78 is 5.73. The molecule has 0 spiro atoms. The number of hydrogen-bond acceptors (Lipinski definition) is 6. The number of likely N-dealkylation sites (tertiary alicyclic amines) is 1. The fourth-order valence-electron chi connectivity index (χ4n) is 4.36. The number of amides is 1. The number of fused-ring (bicyclic) bond motifs is 1. The summed E-state index contributed by atoms with van der Waals surface area (Å²) in [7, 11) is 0. The lowest BCUT2D eigenvalue weighted by molar-refractivity contribution is -0.118. The molecule has 1 aliphatic rings. The first-order chi connectivity index (χ1) is 16.7. The fraction of sp³-hybridized carbons (Fsp3) is 0.269. The van der Waals surface area contributed by atoms with Gasteiger partial charge in [-0.1, -0.05) is 12.1 Å². The molecule has 8 heteroatoms. The highest BCUT2D eigenvalue weighted by Gasteiger charge is 2.20. The van der Waals surface area contributed by atoms with Gasteiger partial charge < -0.3 is 15.4 Å². The van der Waals surface area contributed by atoms with Crippen molar-refractivity contribution in [2.75, 3.05) is 30.3 Å². The summed E-state index contributed by atoms with van der Waals surface area (Å²) in [6, 6.07) is 18.3. The molecule has 4 aromatic rings. The SMILES string of the molecule is O=C(COc1cccc(CN2CCC[C@@H](Nc3ccc4[nH]ncc4c3)C2)c1)Nc1cccnc1. The molecule has 2 aromatic heterocycles. The second-order valence-electron chi connectivity index (χ2n) is 8.62. The van der Waals surface area contributed by atoms with Gasteiger partial charge in [0.1, 0.15) is 5.75 Å². The molecular weight excluding hydrogens is 428 g/mol. The molecule has 1 amide bonds. The van der Waals surface area contributed by atoms with Gasteiger partial charge in [-0.05, 0) is 67.4 Å². The molecule has 1 aliphatic heterocycles. The number of aromatic nitrogens is 3. The molecule has 5 rings (SSSR count). The van der Waals surface area contributed by atoms with Gasteiger partial charge in [0.15, 0.2) is 6.61 Å². The molecule has 3 N–H and O–H groups in total. The Morgan fingerprint density at radius 3 is 3.00 bits per heavy atom. The topological polar surface area (TPSA) is 95.2 Å². The first-order valence-electron chi connectivity index (χ1n) is 11.5. The van der Waals surface area contributed by atoms with Crippen LogP contribution in [0.5, 0.6) is 5.75 Å². The van der Waals surface area contributed by atoms with E-state index in [2.05, 4.69) is 55.0 Å². The maximum Gasteiger partial charge on any atom is 0.262 e. The number of anilines is 2. The summed E-state index contributed by atoms with van der Waals surface area (Å²) in [5, 5.41) is 14.7. The number of nitrogens with one attached hydrogen (secondary N) is 3. The van der Waals surface area contributed by atoms with Crippen LogP contribution in [-0.4, -0.2) is 51.7 Å². The number of carbonyl (C=O) groups excluding carboxylic acids is 1. The second-order valence-corrected chi connectivity index (χ2v) is 8.62. The van der Waals surface area contributed by atoms with Crippen LogP contribution < -0.4 is 15.4 Å². The molecule has 34 heavy (non-hydrogen) atoms. The van der Waals surface area contributed by atoms with Crippen LogP contribution in [0.25, 0.3) is 10.9 Å². The van der Waals surface area contributed by atoms with E-state index in [0.29, 0.717) is 17.5 Å². The van der Waals surface area contributed by atoms with Crippen LogP contribution in [0, 0.1) is 0 Å². The molecule has 1 saturated heterocycles. The van der Waals surface area contributed by atoms with Crippen molar-refractivity contribution in [3.63, 3.8) is 0 Å². The first kappa shape index (κ1) is 21.9. The van der Waals surface area contributed by atoms with Crippen LogP contribution >= 0.6 is 0 Å². The first-order valence-corrected chi connectivity index (χ1v) is 11.5. The van der Waals surface area contributed by atoms with Crippen LogP contribution in [0.2, 0.25) is 0 Å². The smallest absolute Gasteiger partial charge is 0.262 e. The number of nitrogens with zero attached hydrogens (tertiary/aromatic N) is 3. The van der Waals surface area contributed by atoms with Gasteiger partial charge in [0.05, 0.1) is 23.6 Å². The van der Waals surface area contributed by atoms with E-state index in [1.165, 1.54) is 5.56 Å². The van der Waals surface area contributed by atoms with Gasteiger partial charge >= 0.3 is 0 Å². The van der Waals surface area contributed by atoms with Gasteiger partial charge in [-0.15, -0.1) is 0 Å². The number of H-pyrrole nitrogens is 1. The normalized spacial score (nSPS) is 16.3. The summed E-state index contributed by atoms with van der Waals surface area (Å²) in [5.41, 5.74) is 4.00. The Morgan fingerprint density at radius 1 is 1.12 bits per heavy atom. The molecule has 0 saturated carbocycles. The molecule has 2 aromatic carbocycles. The molecule has 0 aliphatic carbocycles. The van der Waals surface area contributed by atoms with Crippen molar-refractivity contribution in [2.24, 2.45) is 0 Å². The van der Waals surface area contributed by atoms with Crippen LogP contribution in [0.15, 0.2) is 73.2 Å². The lowest BCUT2D eigenvalue weighted by Crippen LogP contribution is -2.41. The summed E-state index contributed by atoms with van der Waals surface area (Å²) in [5.74, 6) is 0.482. The highest BCUT2D eigenvalue weighted by atomic mass is 16.5. The van der Waals surface area contributed by atoms with Crippen molar-refractivity contribution in [2.45, 2.75) is 25.4 Å². The molecule has 1 fully saturated rings. The van der Waals surface area contributed by atoms with Crippen LogP contribution in [0.4, 0.5) is 11.4 Å². The maximum atomic E-state index is 12.1. The quantitative estimate of drug-likeness (QED) is 0.370. The summed E-state index contributed by atoms with van der Waals surface area (Å²) >= 11 is 0. The standard InChI is InChI=1S/C26H28N6O2/c33-26(30-22-5-2-10-27-15-22)18-34-24-7-1-4-19(12-24)16-32-11-3-6-23(17-32)29-21-8-9-25-20(13-21)14-28-31-25/h1-2,4-5,7-10,12-15,23,29H,3,6,11,16-18H2,(H,28,31)(H,30,33)/t23-/m1/s1. The Balaban J connectivity index is 1.13. The molecule has 1 atom stereocenters. The van der Waals surface area contributed by atoms with Crippen molar-refractivity contribution >= 4 is 28.2 Å². The lowest BCUT2D eigenvalue weighted by atomic mass is 10.0. The number of piperidine rings is 1. The molecule has 0 unspecified atom stereocenters. The summed E-state index contributed by atoms with van der Waals surface area (Å²) in [4.78, 5) is 18.6. The van der Waals surface area contributed by atoms with Crippen LogP contribution in [0.1, 0.15) is 18.4 Å². The van der Waals surface area contributed by atoms with Crippen molar-refractivity contribution in [1.29, 1.82) is 0 Å². The van der Waals surface area contributed by atoms with Gasteiger partial charge in [-0.3, -0.25) is 19.8 Å². The number of hydrogen-bond donors (Lipinski definition) is 3. The van der Waals surface area contributed by atoms with E-state index in [1.54, 1.807) is 24.5 Å². The van der Waals surface area contributed by atoms with E-state index in [1.807, 2.05) is 24.4 Å². The average molecular weight is 457 g/mol. The third-order valence-electron chi connectivity index (χ3n) is 5.94.